The highest BCUT2D eigenvalue weighted by Crippen LogP contribution is 2.24. The number of halogens is 2. The second kappa shape index (κ2) is 7.71. The van der Waals surface area contributed by atoms with E-state index < -0.39 is 28.3 Å². The van der Waals surface area contributed by atoms with Crippen molar-refractivity contribution < 1.29 is 22.3 Å². The summed E-state index contributed by atoms with van der Waals surface area (Å²) in [5.41, 5.74) is 0.579. The van der Waals surface area contributed by atoms with Gasteiger partial charge in [-0.3, -0.25) is 9.10 Å². The maximum absolute atomic E-state index is 13.3. The van der Waals surface area contributed by atoms with Gasteiger partial charge in [-0.15, -0.1) is 0 Å². The molecule has 9 heteroatoms. The summed E-state index contributed by atoms with van der Waals surface area (Å²) in [4.78, 5) is 12.2. The van der Waals surface area contributed by atoms with Crippen molar-refractivity contribution in [3.8, 4) is 5.75 Å². The molecule has 1 amide bonds. The van der Waals surface area contributed by atoms with Crippen molar-refractivity contribution in [1.82, 2.24) is 0 Å². The van der Waals surface area contributed by atoms with Gasteiger partial charge in [-0.05, 0) is 42.5 Å². The van der Waals surface area contributed by atoms with Crippen LogP contribution in [0.4, 0.5) is 15.8 Å². The molecule has 0 bridgehead atoms. The van der Waals surface area contributed by atoms with Crippen LogP contribution in [0.5, 0.6) is 5.75 Å². The monoisotopic (exact) mass is 386 g/mol. The third kappa shape index (κ3) is 5.07. The van der Waals surface area contributed by atoms with Crippen molar-refractivity contribution in [2.45, 2.75) is 0 Å². The number of hydrogen-bond donors (Lipinski definition) is 1. The van der Waals surface area contributed by atoms with Gasteiger partial charge in [0.25, 0.3) is 0 Å². The molecule has 0 aliphatic carbocycles. The van der Waals surface area contributed by atoms with E-state index in [4.69, 9.17) is 16.3 Å². The maximum atomic E-state index is 13.3. The molecule has 0 aliphatic heterocycles. The molecule has 25 heavy (non-hydrogen) atoms. The Bertz CT molecular complexity index is 872. The van der Waals surface area contributed by atoms with Crippen LogP contribution in [-0.2, 0) is 14.8 Å². The van der Waals surface area contributed by atoms with Crippen LogP contribution in [0.3, 0.4) is 0 Å². The first-order valence-corrected chi connectivity index (χ1v) is 9.30. The number of nitrogens with zero attached hydrogens (tertiary/aromatic N) is 1. The second-order valence-electron chi connectivity index (χ2n) is 5.14. The van der Waals surface area contributed by atoms with Gasteiger partial charge in [0.2, 0.25) is 15.9 Å². The van der Waals surface area contributed by atoms with E-state index in [2.05, 4.69) is 5.32 Å². The molecule has 134 valence electrons. The van der Waals surface area contributed by atoms with Gasteiger partial charge in [0.1, 0.15) is 18.1 Å². The number of nitrogens with one attached hydrogen (secondary N) is 1. The summed E-state index contributed by atoms with van der Waals surface area (Å²) in [6.45, 7) is -0.479. The first-order chi connectivity index (χ1) is 11.7. The lowest BCUT2D eigenvalue weighted by Crippen LogP contribution is -2.37. The molecule has 6 nitrogen and oxygen atoms in total. The van der Waals surface area contributed by atoms with Crippen LogP contribution < -0.4 is 14.4 Å². The van der Waals surface area contributed by atoms with E-state index in [0.29, 0.717) is 11.4 Å². The Morgan fingerprint density at radius 1 is 1.24 bits per heavy atom. The number of benzene rings is 2. The van der Waals surface area contributed by atoms with Crippen molar-refractivity contribution in [1.29, 1.82) is 0 Å². The molecule has 2 rings (SSSR count). The fourth-order valence-corrected chi connectivity index (χ4v) is 3.07. The van der Waals surface area contributed by atoms with Gasteiger partial charge in [-0.1, -0.05) is 11.6 Å². The van der Waals surface area contributed by atoms with Gasteiger partial charge < -0.3 is 10.1 Å². The lowest BCUT2D eigenvalue weighted by atomic mass is 10.3. The number of hydrogen-bond acceptors (Lipinski definition) is 4. The Hall–Kier alpha value is -2.32. The van der Waals surface area contributed by atoms with Gasteiger partial charge in [-0.25, -0.2) is 12.8 Å². The van der Waals surface area contributed by atoms with Crippen molar-refractivity contribution in [2.24, 2.45) is 0 Å². The molecular formula is C16H16ClFN2O4S. The molecule has 0 aliphatic rings. The summed E-state index contributed by atoms with van der Waals surface area (Å²) >= 11 is 5.69. The molecule has 0 unspecified atom stereocenters. The molecule has 0 heterocycles. The fraction of sp³-hybridized carbons (Fsp3) is 0.188. The van der Waals surface area contributed by atoms with E-state index in [9.17, 15) is 17.6 Å². The van der Waals surface area contributed by atoms with Crippen LogP contribution in [0.25, 0.3) is 0 Å². The third-order valence-corrected chi connectivity index (χ3v) is 4.68. The van der Waals surface area contributed by atoms with Crippen molar-refractivity contribution in [3.05, 3.63) is 53.3 Å². The summed E-state index contributed by atoms with van der Waals surface area (Å²) in [6.07, 6.45) is 0.949. The van der Waals surface area contributed by atoms with Gasteiger partial charge in [0.05, 0.1) is 24.1 Å². The predicted molar refractivity (Wildman–Crippen MR) is 95.2 cm³/mol. The summed E-state index contributed by atoms with van der Waals surface area (Å²) in [5, 5.41) is 2.35. The Morgan fingerprint density at radius 2 is 1.88 bits per heavy atom. The van der Waals surface area contributed by atoms with Crippen LogP contribution in [0.1, 0.15) is 0 Å². The molecule has 0 radical (unpaired) electrons. The molecule has 0 fully saturated rings. The maximum Gasteiger partial charge on any atom is 0.245 e. The molecule has 0 atom stereocenters. The number of carbonyl (C=O) groups is 1. The van der Waals surface area contributed by atoms with Crippen LogP contribution in [-0.4, -0.2) is 34.2 Å². The van der Waals surface area contributed by atoms with E-state index >= 15 is 0 Å². The number of amides is 1. The van der Waals surface area contributed by atoms with Crippen molar-refractivity contribution in [3.63, 3.8) is 0 Å². The highest BCUT2D eigenvalue weighted by molar-refractivity contribution is 7.92. The minimum atomic E-state index is -3.77. The second-order valence-corrected chi connectivity index (χ2v) is 7.46. The van der Waals surface area contributed by atoms with Crippen LogP contribution >= 0.6 is 11.6 Å². The van der Waals surface area contributed by atoms with E-state index in [0.717, 1.165) is 22.7 Å². The lowest BCUT2D eigenvalue weighted by molar-refractivity contribution is -0.114. The molecule has 2 aromatic carbocycles. The summed E-state index contributed by atoms with van der Waals surface area (Å²) in [6, 6.07) is 9.98. The van der Waals surface area contributed by atoms with Gasteiger partial charge >= 0.3 is 0 Å². The summed E-state index contributed by atoms with van der Waals surface area (Å²) in [7, 11) is -2.25. The molecule has 0 aromatic heterocycles. The normalized spacial score (nSPS) is 11.0. The zero-order chi connectivity index (χ0) is 18.6. The molecule has 0 saturated carbocycles. The largest absolute Gasteiger partial charge is 0.497 e. The standard InChI is InChI=1S/C16H16ClFN2O4S/c1-24-13-6-3-11(4-7-13)19-16(21)10-20(25(2,22)23)12-5-8-15(18)14(17)9-12/h3-9H,10H2,1-2H3,(H,19,21). The van der Waals surface area contributed by atoms with E-state index in [1.165, 1.54) is 13.2 Å². The zero-order valence-electron chi connectivity index (χ0n) is 13.5. The highest BCUT2D eigenvalue weighted by Gasteiger charge is 2.21. The highest BCUT2D eigenvalue weighted by atomic mass is 35.5. The van der Waals surface area contributed by atoms with Crippen LogP contribution in [0.15, 0.2) is 42.5 Å². The van der Waals surface area contributed by atoms with Crippen LogP contribution in [0.2, 0.25) is 5.02 Å². The number of carbonyl (C=O) groups excluding carboxylic acids is 1. The first-order valence-electron chi connectivity index (χ1n) is 7.07. The number of methoxy groups -OCH3 is 1. The zero-order valence-corrected chi connectivity index (χ0v) is 15.1. The van der Waals surface area contributed by atoms with Crippen molar-refractivity contribution >= 4 is 38.9 Å². The summed E-state index contributed by atoms with van der Waals surface area (Å²) in [5.74, 6) is -0.616. The quantitative estimate of drug-likeness (QED) is 0.828. The average molecular weight is 387 g/mol. The molecule has 2 aromatic rings. The van der Waals surface area contributed by atoms with Gasteiger partial charge in [-0.2, -0.15) is 0 Å². The van der Waals surface area contributed by atoms with Gasteiger partial charge in [0.15, 0.2) is 0 Å². The minimum Gasteiger partial charge on any atom is -0.497 e. The number of ether oxygens (including phenoxy) is 1. The molecule has 0 saturated heterocycles. The van der Waals surface area contributed by atoms with Crippen molar-refractivity contribution in [2.75, 3.05) is 29.5 Å². The smallest absolute Gasteiger partial charge is 0.245 e. The lowest BCUT2D eigenvalue weighted by Gasteiger charge is -2.22. The Morgan fingerprint density at radius 3 is 2.40 bits per heavy atom. The average Bonchev–Trinajstić information content (AvgIpc) is 2.55. The Kier molecular flexibility index (Phi) is 5.86. The Balaban J connectivity index is 2.18. The van der Waals surface area contributed by atoms with E-state index in [-0.39, 0.29) is 10.7 Å². The number of rotatable bonds is 6. The third-order valence-electron chi connectivity index (χ3n) is 3.25. The Labute approximate surface area is 150 Å². The predicted octanol–water partition coefficient (Wildman–Crippen LogP) is 2.89. The van der Waals surface area contributed by atoms with Gasteiger partial charge in [0, 0.05) is 5.69 Å². The fourth-order valence-electron chi connectivity index (χ4n) is 2.05. The molecule has 1 N–H and O–H groups in total. The number of anilines is 2. The SMILES string of the molecule is COc1ccc(NC(=O)CN(c2ccc(F)c(Cl)c2)S(C)(=O)=O)cc1. The van der Waals surface area contributed by atoms with E-state index in [1.807, 2.05) is 0 Å². The minimum absolute atomic E-state index is 0.0961. The molecular weight excluding hydrogens is 371 g/mol. The molecule has 0 spiro atoms. The topological polar surface area (TPSA) is 75.7 Å². The summed E-state index contributed by atoms with van der Waals surface area (Å²) < 4.78 is 43.1. The van der Waals surface area contributed by atoms with Crippen LogP contribution in [0, 0.1) is 5.82 Å². The first kappa shape index (κ1) is 19.0. The number of sulfonamides is 1. The van der Waals surface area contributed by atoms with E-state index in [1.54, 1.807) is 24.3 Å².